The van der Waals surface area contributed by atoms with Crippen molar-refractivity contribution in [3.05, 3.63) is 95.6 Å². The van der Waals surface area contributed by atoms with Crippen molar-refractivity contribution in [2.24, 2.45) is 0 Å². The van der Waals surface area contributed by atoms with Crippen LogP contribution in [0.2, 0.25) is 0 Å². The second kappa shape index (κ2) is 10.1. The van der Waals surface area contributed by atoms with Crippen molar-refractivity contribution in [3.8, 4) is 11.5 Å². The molecule has 0 bridgehead atoms. The number of hydrogen-bond acceptors (Lipinski definition) is 5. The lowest BCUT2D eigenvalue weighted by molar-refractivity contribution is -0.136. The highest BCUT2D eigenvalue weighted by Crippen LogP contribution is 2.17. The highest BCUT2D eigenvalue weighted by molar-refractivity contribution is 5.90. The van der Waals surface area contributed by atoms with Crippen LogP contribution < -0.4 is 9.47 Å². The van der Waals surface area contributed by atoms with Gasteiger partial charge in [-0.15, -0.1) is 0 Å². The molecule has 0 saturated heterocycles. The Bertz CT molecular complexity index is 966. The van der Waals surface area contributed by atoms with Crippen LogP contribution in [0.1, 0.15) is 21.5 Å². The van der Waals surface area contributed by atoms with E-state index in [1.54, 1.807) is 24.3 Å². The average molecular weight is 390 g/mol. The summed E-state index contributed by atoms with van der Waals surface area (Å²) in [6.07, 6.45) is 0.636. The van der Waals surface area contributed by atoms with Gasteiger partial charge in [-0.25, -0.2) is 9.59 Å². The number of para-hydroxylation sites is 1. The third-order valence-corrected chi connectivity index (χ3v) is 4.21. The van der Waals surface area contributed by atoms with Crippen LogP contribution in [-0.2, 0) is 16.0 Å². The fraction of sp³-hybridized carbons (Fsp3) is 0.167. The number of carbonyl (C=O) groups is 2. The Morgan fingerprint density at radius 2 is 1.62 bits per heavy atom. The number of ether oxygens (including phenoxy) is 3. The summed E-state index contributed by atoms with van der Waals surface area (Å²) >= 11 is 0. The fourth-order valence-electron chi connectivity index (χ4n) is 2.69. The van der Waals surface area contributed by atoms with Gasteiger partial charge < -0.3 is 14.2 Å². The summed E-state index contributed by atoms with van der Waals surface area (Å²) in [5, 5.41) is 0. The lowest BCUT2D eigenvalue weighted by Gasteiger charge is -2.09. The molecule has 3 rings (SSSR count). The first-order chi connectivity index (χ1) is 14.1. The topological polar surface area (TPSA) is 61.8 Å². The van der Waals surface area contributed by atoms with Crippen LogP contribution in [0.4, 0.5) is 0 Å². The molecule has 3 aromatic carbocycles. The Balaban J connectivity index is 1.50. The number of esters is 2. The first-order valence-corrected chi connectivity index (χ1v) is 9.32. The van der Waals surface area contributed by atoms with E-state index >= 15 is 0 Å². The Hall–Kier alpha value is -3.60. The van der Waals surface area contributed by atoms with Crippen molar-refractivity contribution in [2.75, 3.05) is 13.2 Å². The number of rotatable bonds is 8. The number of carbonyl (C=O) groups excluding carboxylic acids is 2. The summed E-state index contributed by atoms with van der Waals surface area (Å²) in [4.78, 5) is 24.3. The Labute approximate surface area is 169 Å². The molecule has 0 spiro atoms. The molecule has 29 heavy (non-hydrogen) atoms. The lowest BCUT2D eigenvalue weighted by atomic mass is 10.2. The van der Waals surface area contributed by atoms with E-state index in [2.05, 4.69) is 0 Å². The van der Waals surface area contributed by atoms with E-state index in [0.717, 1.165) is 11.1 Å². The molecule has 0 N–H and O–H groups in total. The summed E-state index contributed by atoms with van der Waals surface area (Å²) in [7, 11) is 0. The molecule has 0 fully saturated rings. The molecule has 0 aliphatic rings. The number of hydrogen-bond donors (Lipinski definition) is 0. The summed E-state index contributed by atoms with van der Waals surface area (Å²) in [5.74, 6) is -0.126. The molecule has 5 heteroatoms. The average Bonchev–Trinajstić information content (AvgIpc) is 2.74. The summed E-state index contributed by atoms with van der Waals surface area (Å²) in [5.41, 5.74) is 2.35. The van der Waals surface area contributed by atoms with Crippen LogP contribution in [-0.4, -0.2) is 25.2 Å². The molecule has 0 radical (unpaired) electrons. The van der Waals surface area contributed by atoms with E-state index in [1.165, 1.54) is 6.07 Å². The summed E-state index contributed by atoms with van der Waals surface area (Å²) in [6, 6.07) is 23.5. The minimum absolute atomic E-state index is 0.226. The Kier molecular flexibility index (Phi) is 7.00. The Morgan fingerprint density at radius 1 is 0.862 bits per heavy atom. The molecule has 0 unspecified atom stereocenters. The molecular weight excluding hydrogens is 368 g/mol. The van der Waals surface area contributed by atoms with Gasteiger partial charge in [0.15, 0.2) is 6.61 Å². The molecule has 0 atom stereocenters. The van der Waals surface area contributed by atoms with Crippen LogP contribution in [0, 0.1) is 6.92 Å². The third kappa shape index (κ3) is 6.21. The molecule has 0 amide bonds. The molecule has 3 aromatic rings. The molecule has 0 aliphatic carbocycles. The normalized spacial score (nSPS) is 10.2. The van der Waals surface area contributed by atoms with Crippen molar-refractivity contribution in [1.82, 2.24) is 0 Å². The third-order valence-electron chi connectivity index (χ3n) is 4.21. The highest BCUT2D eigenvalue weighted by atomic mass is 16.6. The molecular formula is C24H22O5. The van der Waals surface area contributed by atoms with Gasteiger partial charge in [-0.1, -0.05) is 54.6 Å². The van der Waals surface area contributed by atoms with Gasteiger partial charge in [0.1, 0.15) is 11.5 Å². The van der Waals surface area contributed by atoms with Crippen molar-refractivity contribution in [2.45, 2.75) is 13.3 Å². The maximum absolute atomic E-state index is 12.2. The van der Waals surface area contributed by atoms with E-state index in [4.69, 9.17) is 14.2 Å². The van der Waals surface area contributed by atoms with Gasteiger partial charge in [-0.3, -0.25) is 0 Å². The van der Waals surface area contributed by atoms with Crippen molar-refractivity contribution in [3.63, 3.8) is 0 Å². The molecule has 0 heterocycles. The Morgan fingerprint density at radius 3 is 2.41 bits per heavy atom. The smallest absolute Gasteiger partial charge is 0.349 e. The van der Waals surface area contributed by atoms with E-state index in [1.807, 2.05) is 55.5 Å². The zero-order chi connectivity index (χ0) is 20.5. The van der Waals surface area contributed by atoms with Crippen molar-refractivity contribution >= 4 is 11.9 Å². The number of benzene rings is 3. The monoisotopic (exact) mass is 390 g/mol. The van der Waals surface area contributed by atoms with Gasteiger partial charge in [0, 0.05) is 6.42 Å². The van der Waals surface area contributed by atoms with Crippen molar-refractivity contribution in [1.29, 1.82) is 0 Å². The second-order valence-corrected chi connectivity index (χ2v) is 6.43. The minimum atomic E-state index is -0.553. The van der Waals surface area contributed by atoms with E-state index in [0.29, 0.717) is 17.7 Å². The van der Waals surface area contributed by atoms with Crippen molar-refractivity contribution < 1.29 is 23.8 Å². The number of aryl methyl sites for hydroxylation is 1. The fourth-order valence-corrected chi connectivity index (χ4v) is 2.69. The standard InChI is InChI=1S/C24H22O5/c1-18-8-5-6-13-22(18)28-17-23(25)29-21-12-7-11-20(16-21)24(26)27-15-14-19-9-3-2-4-10-19/h2-13,16H,14-15,17H2,1H3. The van der Waals surface area contributed by atoms with E-state index < -0.39 is 11.9 Å². The van der Waals surface area contributed by atoms with Gasteiger partial charge in [-0.2, -0.15) is 0 Å². The van der Waals surface area contributed by atoms with Crippen LogP contribution >= 0.6 is 0 Å². The first-order valence-electron chi connectivity index (χ1n) is 9.32. The quantitative estimate of drug-likeness (QED) is 0.422. The van der Waals surface area contributed by atoms with Crippen LogP contribution in [0.3, 0.4) is 0 Å². The maximum atomic E-state index is 12.2. The largest absolute Gasteiger partial charge is 0.482 e. The predicted molar refractivity (Wildman–Crippen MR) is 109 cm³/mol. The molecule has 0 aliphatic heterocycles. The molecule has 5 nitrogen and oxygen atoms in total. The van der Waals surface area contributed by atoms with Crippen LogP contribution in [0.5, 0.6) is 11.5 Å². The second-order valence-electron chi connectivity index (χ2n) is 6.43. The lowest BCUT2D eigenvalue weighted by Crippen LogP contribution is -2.18. The first kappa shape index (κ1) is 20.1. The van der Waals surface area contributed by atoms with Crippen LogP contribution in [0.25, 0.3) is 0 Å². The molecule has 0 saturated carbocycles. The zero-order valence-corrected chi connectivity index (χ0v) is 16.2. The maximum Gasteiger partial charge on any atom is 0.349 e. The van der Waals surface area contributed by atoms with Gasteiger partial charge in [0.05, 0.1) is 12.2 Å². The molecule has 148 valence electrons. The van der Waals surface area contributed by atoms with Gasteiger partial charge in [0.25, 0.3) is 0 Å². The summed E-state index contributed by atoms with van der Waals surface area (Å²) in [6.45, 7) is 1.95. The SMILES string of the molecule is Cc1ccccc1OCC(=O)Oc1cccc(C(=O)OCCc2ccccc2)c1. The molecule has 0 aromatic heterocycles. The van der Waals surface area contributed by atoms with E-state index in [9.17, 15) is 9.59 Å². The van der Waals surface area contributed by atoms with Gasteiger partial charge in [0.2, 0.25) is 0 Å². The minimum Gasteiger partial charge on any atom is -0.482 e. The van der Waals surface area contributed by atoms with Crippen LogP contribution in [0.15, 0.2) is 78.9 Å². The predicted octanol–water partition coefficient (Wildman–Crippen LogP) is 4.38. The van der Waals surface area contributed by atoms with E-state index in [-0.39, 0.29) is 19.0 Å². The highest BCUT2D eigenvalue weighted by Gasteiger charge is 2.11. The van der Waals surface area contributed by atoms with Gasteiger partial charge in [-0.05, 0) is 42.3 Å². The zero-order valence-electron chi connectivity index (χ0n) is 16.2. The van der Waals surface area contributed by atoms with Gasteiger partial charge >= 0.3 is 11.9 Å². The summed E-state index contributed by atoms with van der Waals surface area (Å²) < 4.78 is 16.1.